The summed E-state index contributed by atoms with van der Waals surface area (Å²) in [4.78, 5) is 4.77. The number of fused-ring (bicyclic) bond motifs is 1. The molecule has 3 heteroatoms. The van der Waals surface area contributed by atoms with Gasteiger partial charge < -0.3 is 10.3 Å². The molecule has 1 atom stereocenters. The van der Waals surface area contributed by atoms with Crippen molar-refractivity contribution >= 4 is 11.0 Å². The zero-order chi connectivity index (χ0) is 12.6. The van der Waals surface area contributed by atoms with Crippen molar-refractivity contribution in [2.24, 2.45) is 12.8 Å². The van der Waals surface area contributed by atoms with Crippen LogP contribution < -0.4 is 5.73 Å². The maximum Gasteiger partial charge on any atom is 0.116 e. The monoisotopic (exact) mass is 231 g/mol. The molecule has 0 bridgehead atoms. The van der Waals surface area contributed by atoms with E-state index in [9.17, 15) is 0 Å². The van der Waals surface area contributed by atoms with Gasteiger partial charge in [0, 0.05) is 19.0 Å². The second kappa shape index (κ2) is 4.15. The Labute approximate surface area is 103 Å². The Morgan fingerprint density at radius 1 is 1.41 bits per heavy atom. The zero-order valence-corrected chi connectivity index (χ0v) is 11.1. The molecule has 0 spiro atoms. The molecule has 0 aliphatic rings. The number of benzene rings is 1. The van der Waals surface area contributed by atoms with Crippen molar-refractivity contribution in [3.63, 3.8) is 0 Å². The number of hydrogen-bond donors (Lipinski definition) is 1. The number of rotatable bonds is 3. The molecule has 0 radical (unpaired) electrons. The minimum atomic E-state index is -0.0415. The molecule has 0 aliphatic heterocycles. The van der Waals surface area contributed by atoms with Crippen molar-refractivity contribution in [3.05, 3.63) is 29.6 Å². The summed E-state index contributed by atoms with van der Waals surface area (Å²) in [6, 6.07) is 6.25. The Bertz CT molecular complexity index is 536. The lowest BCUT2D eigenvalue weighted by molar-refractivity contribution is 0.427. The quantitative estimate of drug-likeness (QED) is 0.882. The first kappa shape index (κ1) is 12.1. The summed E-state index contributed by atoms with van der Waals surface area (Å²) in [5.41, 5.74) is 9.43. The number of nitrogens with zero attached hydrogens (tertiary/aromatic N) is 2. The van der Waals surface area contributed by atoms with Gasteiger partial charge in [-0.15, -0.1) is 0 Å². The lowest BCUT2D eigenvalue weighted by Crippen LogP contribution is -2.33. The molecule has 0 fully saturated rings. The fraction of sp³-hybridized carbons (Fsp3) is 0.500. The van der Waals surface area contributed by atoms with Crippen LogP contribution in [0.5, 0.6) is 0 Å². The molecular formula is C14H21N3. The highest BCUT2D eigenvalue weighted by molar-refractivity contribution is 5.79. The van der Waals surface area contributed by atoms with E-state index < -0.39 is 0 Å². The Morgan fingerprint density at radius 2 is 2.12 bits per heavy atom. The van der Waals surface area contributed by atoms with E-state index >= 15 is 0 Å². The highest BCUT2D eigenvalue weighted by Gasteiger charge is 2.28. The molecule has 1 heterocycles. The number of imidazole rings is 1. The highest BCUT2D eigenvalue weighted by atomic mass is 15.1. The van der Waals surface area contributed by atoms with Crippen LogP contribution in [0.2, 0.25) is 0 Å². The molecule has 0 saturated carbocycles. The van der Waals surface area contributed by atoms with Crippen LogP contribution in [-0.4, -0.2) is 16.1 Å². The van der Waals surface area contributed by atoms with Crippen LogP contribution in [0.3, 0.4) is 0 Å². The van der Waals surface area contributed by atoms with Gasteiger partial charge in [-0.2, -0.15) is 0 Å². The normalized spacial score (nSPS) is 15.1. The summed E-state index contributed by atoms with van der Waals surface area (Å²) in [5, 5.41) is 0. The SMILES string of the molecule is CCC(C)(CN)c1nc2cccc(C)c2n1C. The molecule has 2 aromatic rings. The Kier molecular flexibility index (Phi) is 2.96. The summed E-state index contributed by atoms with van der Waals surface area (Å²) in [5.74, 6) is 1.09. The predicted octanol–water partition coefficient (Wildman–Crippen LogP) is 2.51. The van der Waals surface area contributed by atoms with Gasteiger partial charge in [-0.1, -0.05) is 26.0 Å². The third kappa shape index (κ3) is 1.75. The van der Waals surface area contributed by atoms with Crippen molar-refractivity contribution < 1.29 is 0 Å². The van der Waals surface area contributed by atoms with Crippen molar-refractivity contribution in [2.75, 3.05) is 6.54 Å². The van der Waals surface area contributed by atoms with Gasteiger partial charge >= 0.3 is 0 Å². The Morgan fingerprint density at radius 3 is 2.65 bits per heavy atom. The van der Waals surface area contributed by atoms with E-state index in [1.54, 1.807) is 0 Å². The van der Waals surface area contributed by atoms with E-state index in [4.69, 9.17) is 10.7 Å². The lowest BCUT2D eigenvalue weighted by Gasteiger charge is -2.25. The standard InChI is InChI=1S/C14H21N3/c1-5-14(3,9-15)13-16-11-8-6-7-10(2)12(11)17(13)4/h6-8H,5,9,15H2,1-4H3. The fourth-order valence-corrected chi connectivity index (χ4v) is 2.40. The van der Waals surface area contributed by atoms with Gasteiger partial charge in [-0.05, 0) is 25.0 Å². The average molecular weight is 231 g/mol. The molecule has 1 aromatic carbocycles. The summed E-state index contributed by atoms with van der Waals surface area (Å²) in [6.07, 6.45) is 1.000. The van der Waals surface area contributed by atoms with E-state index in [-0.39, 0.29) is 5.41 Å². The van der Waals surface area contributed by atoms with Gasteiger partial charge in [0.1, 0.15) is 5.82 Å². The van der Waals surface area contributed by atoms with Crippen LogP contribution in [0.4, 0.5) is 0 Å². The van der Waals surface area contributed by atoms with Crippen LogP contribution in [0.1, 0.15) is 31.7 Å². The summed E-state index contributed by atoms with van der Waals surface area (Å²) in [7, 11) is 2.08. The van der Waals surface area contributed by atoms with Crippen LogP contribution >= 0.6 is 0 Å². The number of aryl methyl sites for hydroxylation is 2. The van der Waals surface area contributed by atoms with E-state index in [0.29, 0.717) is 6.54 Å². The predicted molar refractivity (Wildman–Crippen MR) is 72.1 cm³/mol. The third-order valence-electron chi connectivity index (χ3n) is 3.87. The van der Waals surface area contributed by atoms with Gasteiger partial charge in [0.25, 0.3) is 0 Å². The molecule has 0 saturated heterocycles. The number of aromatic nitrogens is 2. The van der Waals surface area contributed by atoms with Gasteiger partial charge in [-0.25, -0.2) is 4.98 Å². The summed E-state index contributed by atoms with van der Waals surface area (Å²) < 4.78 is 2.20. The van der Waals surface area contributed by atoms with Crippen LogP contribution in [0.25, 0.3) is 11.0 Å². The molecule has 2 N–H and O–H groups in total. The van der Waals surface area contributed by atoms with Crippen LogP contribution in [0, 0.1) is 6.92 Å². The highest BCUT2D eigenvalue weighted by Crippen LogP contribution is 2.29. The molecule has 92 valence electrons. The molecule has 3 nitrogen and oxygen atoms in total. The maximum absolute atomic E-state index is 5.93. The Hall–Kier alpha value is -1.35. The minimum Gasteiger partial charge on any atom is -0.330 e. The minimum absolute atomic E-state index is 0.0415. The number of nitrogens with two attached hydrogens (primary N) is 1. The lowest BCUT2D eigenvalue weighted by atomic mass is 9.87. The molecule has 0 aliphatic carbocycles. The van der Waals surface area contributed by atoms with Crippen LogP contribution in [0.15, 0.2) is 18.2 Å². The van der Waals surface area contributed by atoms with Crippen molar-refractivity contribution in [2.45, 2.75) is 32.6 Å². The van der Waals surface area contributed by atoms with Gasteiger partial charge in [0.05, 0.1) is 11.0 Å². The summed E-state index contributed by atoms with van der Waals surface area (Å²) in [6.45, 7) is 7.10. The second-order valence-corrected chi connectivity index (χ2v) is 5.06. The molecule has 0 amide bonds. The molecule has 1 unspecified atom stereocenters. The largest absolute Gasteiger partial charge is 0.330 e. The Balaban J connectivity index is 2.72. The molecule has 1 aromatic heterocycles. The molecular weight excluding hydrogens is 210 g/mol. The molecule has 2 rings (SSSR count). The fourth-order valence-electron chi connectivity index (χ4n) is 2.40. The topological polar surface area (TPSA) is 43.8 Å². The summed E-state index contributed by atoms with van der Waals surface area (Å²) >= 11 is 0. The molecule has 17 heavy (non-hydrogen) atoms. The van der Waals surface area contributed by atoms with E-state index in [1.807, 2.05) is 0 Å². The first-order valence-corrected chi connectivity index (χ1v) is 6.16. The number of hydrogen-bond acceptors (Lipinski definition) is 2. The van der Waals surface area contributed by atoms with Gasteiger partial charge in [-0.3, -0.25) is 0 Å². The first-order chi connectivity index (χ1) is 8.03. The van der Waals surface area contributed by atoms with Crippen molar-refractivity contribution in [3.8, 4) is 0 Å². The van der Waals surface area contributed by atoms with Gasteiger partial charge in [0.2, 0.25) is 0 Å². The number of para-hydroxylation sites is 1. The van der Waals surface area contributed by atoms with E-state index in [1.165, 1.54) is 11.1 Å². The van der Waals surface area contributed by atoms with Crippen molar-refractivity contribution in [1.82, 2.24) is 9.55 Å². The second-order valence-electron chi connectivity index (χ2n) is 5.06. The first-order valence-electron chi connectivity index (χ1n) is 6.16. The van der Waals surface area contributed by atoms with Crippen molar-refractivity contribution in [1.29, 1.82) is 0 Å². The maximum atomic E-state index is 5.93. The zero-order valence-electron chi connectivity index (χ0n) is 11.1. The van der Waals surface area contributed by atoms with E-state index in [2.05, 4.69) is 50.6 Å². The van der Waals surface area contributed by atoms with E-state index in [0.717, 1.165) is 17.8 Å². The van der Waals surface area contributed by atoms with Gasteiger partial charge in [0.15, 0.2) is 0 Å². The van der Waals surface area contributed by atoms with Crippen LogP contribution in [-0.2, 0) is 12.5 Å². The average Bonchev–Trinajstić information content (AvgIpc) is 2.68. The third-order valence-corrected chi connectivity index (χ3v) is 3.87. The smallest absolute Gasteiger partial charge is 0.116 e.